The van der Waals surface area contributed by atoms with Crippen molar-refractivity contribution in [2.75, 3.05) is 0 Å². The maximum absolute atomic E-state index is 12.8. The molecule has 0 fully saturated rings. The molecule has 0 aliphatic carbocycles. The molecule has 0 aliphatic heterocycles. The third-order valence-electron chi connectivity index (χ3n) is 6.43. The molecule has 0 atom stereocenters. The molecule has 0 saturated carbocycles. The van der Waals surface area contributed by atoms with E-state index in [1.807, 2.05) is 78.9 Å². The van der Waals surface area contributed by atoms with E-state index >= 15 is 0 Å². The van der Waals surface area contributed by atoms with E-state index in [-0.39, 0.29) is 16.5 Å². The zero-order chi connectivity index (χ0) is 25.8. The summed E-state index contributed by atoms with van der Waals surface area (Å²) in [7, 11) is -9.76. The molecule has 0 amide bonds. The van der Waals surface area contributed by atoms with Gasteiger partial charge in [0.1, 0.15) is 9.79 Å². The number of rotatable bonds is 4. The van der Waals surface area contributed by atoms with Crippen LogP contribution in [-0.4, -0.2) is 25.9 Å². The molecule has 36 heavy (non-hydrogen) atoms. The lowest BCUT2D eigenvalue weighted by Gasteiger charge is -2.20. The van der Waals surface area contributed by atoms with Crippen LogP contribution in [0.4, 0.5) is 0 Å². The van der Waals surface area contributed by atoms with Crippen molar-refractivity contribution in [2.24, 2.45) is 0 Å². The van der Waals surface area contributed by atoms with E-state index in [2.05, 4.69) is 0 Å². The number of hydrogen-bond donors (Lipinski definition) is 2. The molecule has 0 heterocycles. The predicted octanol–water partition coefficient (Wildman–Crippen LogP) is 6.44. The minimum absolute atomic E-state index is 0.161. The zero-order valence-electron chi connectivity index (χ0n) is 19.4. The van der Waals surface area contributed by atoms with Gasteiger partial charge in [-0.3, -0.25) is 9.11 Å². The Labute approximate surface area is 209 Å². The van der Waals surface area contributed by atoms with E-state index in [0.29, 0.717) is 21.7 Å². The van der Waals surface area contributed by atoms with Gasteiger partial charge in [-0.1, -0.05) is 72.8 Å². The summed E-state index contributed by atoms with van der Waals surface area (Å²) in [6.07, 6.45) is 0. The Morgan fingerprint density at radius 2 is 1.11 bits per heavy atom. The Kier molecular flexibility index (Phi) is 5.72. The van der Waals surface area contributed by atoms with Gasteiger partial charge in [0.2, 0.25) is 0 Å². The minimum Gasteiger partial charge on any atom is -0.282 e. The van der Waals surface area contributed by atoms with Crippen LogP contribution in [-0.2, 0) is 20.2 Å². The molecule has 182 valence electrons. The highest BCUT2D eigenvalue weighted by molar-refractivity contribution is 7.87. The lowest BCUT2D eigenvalue weighted by molar-refractivity contribution is 0.483. The number of fused-ring (bicyclic) bond motifs is 3. The van der Waals surface area contributed by atoms with Crippen LogP contribution in [0.3, 0.4) is 0 Å². The van der Waals surface area contributed by atoms with Crippen molar-refractivity contribution in [2.45, 2.75) is 23.6 Å². The van der Waals surface area contributed by atoms with Gasteiger partial charge in [-0.25, -0.2) is 0 Å². The van der Waals surface area contributed by atoms with E-state index in [4.69, 9.17) is 0 Å². The highest BCUT2D eigenvalue weighted by Crippen LogP contribution is 2.45. The van der Waals surface area contributed by atoms with Gasteiger partial charge in [0, 0.05) is 10.8 Å². The third kappa shape index (κ3) is 3.98. The Balaban J connectivity index is 2.11. The van der Waals surface area contributed by atoms with Gasteiger partial charge in [-0.05, 0) is 70.1 Å². The fourth-order valence-electron chi connectivity index (χ4n) is 4.99. The van der Waals surface area contributed by atoms with Crippen LogP contribution < -0.4 is 0 Å². The molecule has 0 aromatic heterocycles. The van der Waals surface area contributed by atoms with Gasteiger partial charge >= 0.3 is 0 Å². The van der Waals surface area contributed by atoms with Gasteiger partial charge in [0.05, 0.1) is 0 Å². The quantitative estimate of drug-likeness (QED) is 0.209. The molecular weight excluding hydrogens is 496 g/mol. The van der Waals surface area contributed by atoms with Crippen molar-refractivity contribution >= 4 is 41.8 Å². The largest absolute Gasteiger partial charge is 0.295 e. The normalized spacial score (nSPS) is 12.3. The molecule has 5 aromatic carbocycles. The second-order valence-electron chi connectivity index (χ2n) is 8.72. The summed E-state index contributed by atoms with van der Waals surface area (Å²) in [5.74, 6) is 0. The van der Waals surface area contributed by atoms with Crippen molar-refractivity contribution < 1.29 is 25.9 Å². The van der Waals surface area contributed by atoms with Gasteiger partial charge in [-0.2, -0.15) is 16.8 Å². The van der Waals surface area contributed by atoms with Gasteiger partial charge in [0.25, 0.3) is 20.2 Å². The Morgan fingerprint density at radius 1 is 0.556 bits per heavy atom. The van der Waals surface area contributed by atoms with Crippen molar-refractivity contribution in [3.05, 3.63) is 96.1 Å². The van der Waals surface area contributed by atoms with E-state index in [1.165, 1.54) is 13.8 Å². The zero-order valence-corrected chi connectivity index (χ0v) is 21.1. The first-order valence-electron chi connectivity index (χ1n) is 11.1. The SMILES string of the molecule is Cc1cc(-c2ccccc2)c2c(c1S(=O)(=O)O)c(S(=O)(=O)O)c(C)c1cc(-c3ccccc3)ccc12. The van der Waals surface area contributed by atoms with E-state index in [1.54, 1.807) is 6.07 Å². The van der Waals surface area contributed by atoms with Crippen molar-refractivity contribution in [3.8, 4) is 22.3 Å². The van der Waals surface area contributed by atoms with Crippen molar-refractivity contribution in [1.29, 1.82) is 0 Å². The second-order valence-corrected chi connectivity index (χ2v) is 11.4. The average molecular weight is 519 g/mol. The Hall–Kier alpha value is -3.56. The Morgan fingerprint density at radius 3 is 1.67 bits per heavy atom. The lowest BCUT2D eigenvalue weighted by Crippen LogP contribution is -2.10. The minimum atomic E-state index is -4.90. The summed E-state index contributed by atoms with van der Waals surface area (Å²) in [5, 5.41) is 1.22. The van der Waals surface area contributed by atoms with Crippen LogP contribution >= 0.6 is 0 Å². The lowest BCUT2D eigenvalue weighted by atomic mass is 9.89. The molecule has 5 aromatic rings. The summed E-state index contributed by atoms with van der Waals surface area (Å²) < 4.78 is 71.2. The van der Waals surface area contributed by atoms with Gasteiger partial charge in [0.15, 0.2) is 0 Å². The van der Waals surface area contributed by atoms with E-state index in [9.17, 15) is 25.9 Å². The molecule has 0 saturated heterocycles. The van der Waals surface area contributed by atoms with Crippen LogP contribution in [0.15, 0.2) is 94.7 Å². The average Bonchev–Trinajstić information content (AvgIpc) is 2.83. The maximum Gasteiger partial charge on any atom is 0.295 e. The predicted molar refractivity (Wildman–Crippen MR) is 141 cm³/mol. The van der Waals surface area contributed by atoms with Crippen LogP contribution in [0.2, 0.25) is 0 Å². The number of hydrogen-bond acceptors (Lipinski definition) is 4. The highest BCUT2D eigenvalue weighted by atomic mass is 32.2. The molecular formula is C28H22O6S2. The summed E-state index contributed by atoms with van der Waals surface area (Å²) in [5.41, 5.74) is 3.40. The molecule has 6 nitrogen and oxygen atoms in total. The summed E-state index contributed by atoms with van der Waals surface area (Å²) in [4.78, 5) is -1.08. The summed E-state index contributed by atoms with van der Waals surface area (Å²) >= 11 is 0. The van der Waals surface area contributed by atoms with Crippen molar-refractivity contribution in [1.82, 2.24) is 0 Å². The first kappa shape index (κ1) is 24.1. The molecule has 0 aliphatic rings. The van der Waals surface area contributed by atoms with Crippen LogP contribution in [0.25, 0.3) is 43.8 Å². The molecule has 5 rings (SSSR count). The Bertz CT molecular complexity index is 1880. The maximum atomic E-state index is 12.8. The molecule has 0 bridgehead atoms. The number of benzene rings is 5. The van der Waals surface area contributed by atoms with Crippen molar-refractivity contribution in [3.63, 3.8) is 0 Å². The number of aryl methyl sites for hydroxylation is 2. The third-order valence-corrected chi connectivity index (χ3v) is 8.50. The fraction of sp³-hybridized carbons (Fsp3) is 0.0714. The topological polar surface area (TPSA) is 109 Å². The summed E-state index contributed by atoms with van der Waals surface area (Å²) in [6.45, 7) is 3.01. The smallest absolute Gasteiger partial charge is 0.282 e. The standard InChI is InChI=1S/C28H22O6S2/c1-17-15-24(20-11-7-4-8-12-20)25-22-14-13-21(19-9-5-3-6-10-19)16-23(22)18(2)28(36(32,33)34)26(25)27(17)35(29,30)31/h3-16H,1-2H3,(H,29,30,31)(H,32,33,34). The van der Waals surface area contributed by atoms with Gasteiger partial charge in [-0.15, -0.1) is 0 Å². The fourth-order valence-corrected chi connectivity index (χ4v) is 6.94. The molecule has 0 radical (unpaired) electrons. The molecule has 2 N–H and O–H groups in total. The van der Waals surface area contributed by atoms with Crippen LogP contribution in [0, 0.1) is 13.8 Å². The van der Waals surface area contributed by atoms with E-state index < -0.39 is 30.0 Å². The monoisotopic (exact) mass is 518 g/mol. The van der Waals surface area contributed by atoms with Crippen LogP contribution in [0.1, 0.15) is 11.1 Å². The first-order chi connectivity index (χ1) is 17.0. The van der Waals surface area contributed by atoms with Crippen LogP contribution in [0.5, 0.6) is 0 Å². The second kappa shape index (κ2) is 8.53. The van der Waals surface area contributed by atoms with Gasteiger partial charge < -0.3 is 0 Å². The highest BCUT2D eigenvalue weighted by Gasteiger charge is 2.30. The molecule has 0 spiro atoms. The molecule has 8 heteroatoms. The summed E-state index contributed by atoms with van der Waals surface area (Å²) in [6, 6.07) is 25.8. The molecule has 0 unspecified atom stereocenters. The first-order valence-corrected chi connectivity index (χ1v) is 14.0. The van der Waals surface area contributed by atoms with E-state index in [0.717, 1.165) is 16.7 Å².